The highest BCUT2D eigenvalue weighted by atomic mass is 32.2. The van der Waals surface area contributed by atoms with Gasteiger partial charge >= 0.3 is 0 Å². The number of fused-ring (bicyclic) bond motifs is 1. The number of hydrogen-bond acceptors (Lipinski definition) is 7. The van der Waals surface area contributed by atoms with Crippen molar-refractivity contribution in [1.29, 1.82) is 0 Å². The van der Waals surface area contributed by atoms with Gasteiger partial charge in [-0.25, -0.2) is 4.98 Å². The van der Waals surface area contributed by atoms with Crippen molar-refractivity contribution in [3.8, 4) is 0 Å². The van der Waals surface area contributed by atoms with E-state index in [2.05, 4.69) is 20.8 Å². The first-order valence-electron chi connectivity index (χ1n) is 9.70. The Hall–Kier alpha value is -2.85. The predicted octanol–water partition coefficient (Wildman–Crippen LogP) is 3.07. The molecule has 160 valence electrons. The number of ether oxygens (including phenoxy) is 1. The number of para-hydroxylation sites is 2. The van der Waals surface area contributed by atoms with Gasteiger partial charge < -0.3 is 19.1 Å². The molecular formula is C20H25N5O4S. The fourth-order valence-electron chi connectivity index (χ4n) is 2.87. The van der Waals surface area contributed by atoms with Crippen LogP contribution in [0.15, 0.2) is 34.9 Å². The first-order valence-corrected chi connectivity index (χ1v) is 10.9. The van der Waals surface area contributed by atoms with Crippen LogP contribution in [0.2, 0.25) is 0 Å². The van der Waals surface area contributed by atoms with Gasteiger partial charge in [-0.05, 0) is 32.4 Å². The fraction of sp³-hybridized carbons (Fsp3) is 0.400. The minimum absolute atomic E-state index is 0.129. The number of nitrogens with zero attached hydrogens (tertiary/aromatic N) is 3. The zero-order chi connectivity index (χ0) is 21.3. The van der Waals surface area contributed by atoms with Gasteiger partial charge in [0.05, 0.1) is 22.5 Å². The first kappa shape index (κ1) is 21.8. The van der Waals surface area contributed by atoms with Gasteiger partial charge in [0.15, 0.2) is 5.82 Å². The third kappa shape index (κ3) is 6.07. The van der Waals surface area contributed by atoms with Gasteiger partial charge in [-0.1, -0.05) is 17.3 Å². The normalized spacial score (nSPS) is 11.0. The quantitative estimate of drug-likeness (QED) is 0.449. The van der Waals surface area contributed by atoms with E-state index in [1.807, 2.05) is 35.8 Å². The molecule has 0 bridgehead atoms. The summed E-state index contributed by atoms with van der Waals surface area (Å²) in [6.45, 7) is 5.71. The maximum absolute atomic E-state index is 12.4. The van der Waals surface area contributed by atoms with E-state index in [9.17, 15) is 9.59 Å². The average Bonchev–Trinajstić information content (AvgIpc) is 3.28. The lowest BCUT2D eigenvalue weighted by atomic mass is 10.3. The largest absolute Gasteiger partial charge is 0.382 e. The fourth-order valence-corrected chi connectivity index (χ4v) is 3.48. The number of thioether (sulfide) groups is 1. The number of aromatic nitrogens is 3. The molecule has 10 heteroatoms. The molecule has 0 saturated carbocycles. The molecule has 0 radical (unpaired) electrons. The first-order chi connectivity index (χ1) is 14.6. The number of carbonyl (C=O) groups excluding carboxylic acids is 2. The average molecular weight is 432 g/mol. The van der Waals surface area contributed by atoms with Crippen molar-refractivity contribution < 1.29 is 18.8 Å². The molecule has 0 saturated heterocycles. The molecule has 0 unspecified atom stereocenters. The van der Waals surface area contributed by atoms with Crippen LogP contribution in [0.3, 0.4) is 0 Å². The molecule has 0 aliphatic carbocycles. The highest BCUT2D eigenvalue weighted by molar-refractivity contribution is 8.00. The van der Waals surface area contributed by atoms with Crippen LogP contribution in [-0.2, 0) is 20.9 Å². The summed E-state index contributed by atoms with van der Waals surface area (Å²) in [5, 5.41) is 9.19. The molecule has 0 aliphatic heterocycles. The van der Waals surface area contributed by atoms with E-state index < -0.39 is 0 Å². The smallest absolute Gasteiger partial charge is 0.236 e. The van der Waals surface area contributed by atoms with Gasteiger partial charge in [-0.15, -0.1) is 11.8 Å². The van der Waals surface area contributed by atoms with Gasteiger partial charge in [-0.2, -0.15) is 0 Å². The summed E-state index contributed by atoms with van der Waals surface area (Å²) in [6, 6.07) is 9.37. The molecule has 30 heavy (non-hydrogen) atoms. The molecule has 2 heterocycles. The summed E-state index contributed by atoms with van der Waals surface area (Å²) in [4.78, 5) is 28.9. The zero-order valence-electron chi connectivity index (χ0n) is 17.0. The number of anilines is 2. The van der Waals surface area contributed by atoms with Crippen molar-refractivity contribution in [3.63, 3.8) is 0 Å². The van der Waals surface area contributed by atoms with Crippen molar-refractivity contribution in [2.75, 3.05) is 35.4 Å². The van der Waals surface area contributed by atoms with E-state index >= 15 is 0 Å². The molecule has 3 aromatic rings. The number of imidazole rings is 1. The minimum Gasteiger partial charge on any atom is -0.382 e. The SMILES string of the molecule is CCOCCCn1c(NC(=O)CSCC(=O)Nc2cc(C)on2)nc2ccccc21. The Morgan fingerprint density at radius 1 is 1.20 bits per heavy atom. The van der Waals surface area contributed by atoms with Crippen LogP contribution in [0.4, 0.5) is 11.8 Å². The highest BCUT2D eigenvalue weighted by Gasteiger charge is 2.14. The number of nitrogens with one attached hydrogen (secondary N) is 2. The molecular weight excluding hydrogens is 406 g/mol. The Bertz CT molecular complexity index is 1000. The number of carbonyl (C=O) groups is 2. The van der Waals surface area contributed by atoms with Crippen LogP contribution in [0.5, 0.6) is 0 Å². The highest BCUT2D eigenvalue weighted by Crippen LogP contribution is 2.20. The topological polar surface area (TPSA) is 111 Å². The van der Waals surface area contributed by atoms with Crippen molar-refractivity contribution in [2.24, 2.45) is 0 Å². The molecule has 1 aromatic carbocycles. The lowest BCUT2D eigenvalue weighted by Crippen LogP contribution is -2.20. The third-order valence-electron chi connectivity index (χ3n) is 4.14. The van der Waals surface area contributed by atoms with Gasteiger partial charge in [0, 0.05) is 25.8 Å². The van der Waals surface area contributed by atoms with Crippen molar-refractivity contribution in [3.05, 3.63) is 36.1 Å². The molecule has 9 nitrogen and oxygen atoms in total. The zero-order valence-corrected chi connectivity index (χ0v) is 17.8. The molecule has 0 atom stereocenters. The second-order valence-electron chi connectivity index (χ2n) is 6.54. The Labute approximate surface area is 178 Å². The van der Waals surface area contributed by atoms with Crippen molar-refractivity contribution >= 4 is 46.4 Å². The number of benzene rings is 1. The number of aryl methyl sites for hydroxylation is 2. The van der Waals surface area contributed by atoms with Crippen molar-refractivity contribution in [1.82, 2.24) is 14.7 Å². The van der Waals surface area contributed by atoms with E-state index in [1.54, 1.807) is 13.0 Å². The van der Waals surface area contributed by atoms with Crippen LogP contribution in [0, 0.1) is 6.92 Å². The van der Waals surface area contributed by atoms with E-state index in [4.69, 9.17) is 9.26 Å². The van der Waals surface area contributed by atoms with Gasteiger partial charge in [-0.3, -0.25) is 14.9 Å². The van der Waals surface area contributed by atoms with Crippen LogP contribution in [-0.4, -0.2) is 51.2 Å². The minimum atomic E-state index is -0.246. The standard InChI is InChI=1S/C20H25N5O4S/c1-3-28-10-6-9-25-16-8-5-4-7-15(16)21-20(25)23-19(27)13-30-12-18(26)22-17-11-14(2)29-24-17/h4-5,7-8,11H,3,6,9-10,12-13H2,1-2H3,(H,21,23,27)(H,22,24,26). The predicted molar refractivity (Wildman–Crippen MR) is 117 cm³/mol. The Morgan fingerprint density at radius 3 is 2.70 bits per heavy atom. The Kier molecular flexibility index (Phi) is 7.86. The van der Waals surface area contributed by atoms with Gasteiger partial charge in [0.1, 0.15) is 5.76 Å². The number of hydrogen-bond donors (Lipinski definition) is 2. The van der Waals surface area contributed by atoms with E-state index in [0.717, 1.165) is 17.5 Å². The summed E-state index contributed by atoms with van der Waals surface area (Å²) in [5.74, 6) is 1.28. The van der Waals surface area contributed by atoms with Gasteiger partial charge in [0.25, 0.3) is 0 Å². The molecule has 3 rings (SSSR count). The van der Waals surface area contributed by atoms with Gasteiger partial charge in [0.2, 0.25) is 17.8 Å². The maximum atomic E-state index is 12.4. The molecule has 2 N–H and O–H groups in total. The lowest BCUT2D eigenvalue weighted by molar-refractivity contribution is -0.114. The summed E-state index contributed by atoms with van der Waals surface area (Å²) in [5.41, 5.74) is 1.78. The van der Waals surface area contributed by atoms with Crippen LogP contribution in [0.1, 0.15) is 19.1 Å². The van der Waals surface area contributed by atoms with E-state index in [-0.39, 0.29) is 23.3 Å². The van der Waals surface area contributed by atoms with E-state index in [1.165, 1.54) is 11.8 Å². The summed E-state index contributed by atoms with van der Waals surface area (Å²) < 4.78 is 12.3. The number of rotatable bonds is 11. The van der Waals surface area contributed by atoms with Crippen LogP contribution < -0.4 is 10.6 Å². The Balaban J connectivity index is 1.53. The lowest BCUT2D eigenvalue weighted by Gasteiger charge is -2.10. The van der Waals surface area contributed by atoms with Crippen LogP contribution in [0.25, 0.3) is 11.0 Å². The van der Waals surface area contributed by atoms with Crippen molar-refractivity contribution in [2.45, 2.75) is 26.8 Å². The summed E-state index contributed by atoms with van der Waals surface area (Å²) >= 11 is 1.21. The second kappa shape index (κ2) is 10.8. The number of amides is 2. The molecule has 0 fully saturated rings. The third-order valence-corrected chi connectivity index (χ3v) is 5.07. The molecule has 0 spiro atoms. The summed E-state index contributed by atoms with van der Waals surface area (Å²) in [7, 11) is 0. The summed E-state index contributed by atoms with van der Waals surface area (Å²) in [6.07, 6.45) is 0.813. The van der Waals surface area contributed by atoms with E-state index in [0.29, 0.717) is 37.3 Å². The second-order valence-corrected chi connectivity index (χ2v) is 7.52. The monoisotopic (exact) mass is 431 g/mol. The molecule has 2 amide bonds. The maximum Gasteiger partial charge on any atom is 0.236 e. The Morgan fingerprint density at radius 2 is 1.97 bits per heavy atom. The van der Waals surface area contributed by atoms with Crippen LogP contribution >= 0.6 is 11.8 Å². The molecule has 0 aliphatic rings. The molecule has 2 aromatic heterocycles.